The van der Waals surface area contributed by atoms with Crippen molar-refractivity contribution in [1.29, 1.82) is 0 Å². The number of halogens is 2. The molecule has 2 aliphatic rings. The van der Waals surface area contributed by atoms with E-state index in [4.69, 9.17) is 27.9 Å². The number of esters is 1. The fourth-order valence-corrected chi connectivity index (χ4v) is 3.87. The van der Waals surface area contributed by atoms with Gasteiger partial charge in [0.25, 0.3) is 11.8 Å². The quantitative estimate of drug-likeness (QED) is 0.484. The Morgan fingerprint density at radius 3 is 2.52 bits per heavy atom. The largest absolute Gasteiger partial charge is 0.468 e. The molecule has 132 valence electrons. The first-order chi connectivity index (χ1) is 11.8. The van der Waals surface area contributed by atoms with Crippen LogP contribution < -0.4 is 5.32 Å². The van der Waals surface area contributed by atoms with E-state index in [-0.39, 0.29) is 27.7 Å². The molecule has 1 aromatic rings. The van der Waals surface area contributed by atoms with Crippen LogP contribution in [0.25, 0.3) is 0 Å². The van der Waals surface area contributed by atoms with Crippen molar-refractivity contribution in [2.45, 2.75) is 18.9 Å². The van der Waals surface area contributed by atoms with Gasteiger partial charge in [-0.3, -0.25) is 24.5 Å². The van der Waals surface area contributed by atoms with Crippen LogP contribution in [-0.4, -0.2) is 42.2 Å². The molecule has 9 heteroatoms. The molecule has 1 aromatic carbocycles. The topological polar surface area (TPSA) is 92.8 Å². The number of hydrogen-bond donors (Lipinski definition) is 1. The van der Waals surface area contributed by atoms with Gasteiger partial charge in [0.05, 0.1) is 17.2 Å². The van der Waals surface area contributed by atoms with E-state index >= 15 is 0 Å². The van der Waals surface area contributed by atoms with Crippen LogP contribution in [0.3, 0.4) is 0 Å². The van der Waals surface area contributed by atoms with Gasteiger partial charge in [0.2, 0.25) is 5.91 Å². The van der Waals surface area contributed by atoms with Crippen LogP contribution >= 0.6 is 23.2 Å². The molecule has 2 aliphatic heterocycles. The van der Waals surface area contributed by atoms with Crippen LogP contribution in [0, 0.1) is 5.92 Å². The number of amides is 3. The van der Waals surface area contributed by atoms with E-state index in [0.29, 0.717) is 6.42 Å². The van der Waals surface area contributed by atoms with Gasteiger partial charge < -0.3 is 9.64 Å². The molecule has 25 heavy (non-hydrogen) atoms. The van der Waals surface area contributed by atoms with Crippen molar-refractivity contribution >= 4 is 46.9 Å². The van der Waals surface area contributed by atoms with Gasteiger partial charge >= 0.3 is 5.97 Å². The van der Waals surface area contributed by atoms with Gasteiger partial charge in [-0.1, -0.05) is 30.1 Å². The number of benzene rings is 1. The molecule has 0 saturated carbocycles. The molecule has 1 N–H and O–H groups in total. The minimum absolute atomic E-state index is 0.113. The molecule has 3 amide bonds. The van der Waals surface area contributed by atoms with Gasteiger partial charge in [-0.05, 0) is 18.6 Å². The molecular formula is C16H14Cl2N2O5. The van der Waals surface area contributed by atoms with E-state index in [1.165, 1.54) is 17.0 Å². The lowest BCUT2D eigenvalue weighted by Crippen LogP contribution is -2.55. The average Bonchev–Trinajstić information content (AvgIpc) is 2.95. The number of carbonyl (C=O) groups is 4. The summed E-state index contributed by atoms with van der Waals surface area (Å²) in [4.78, 5) is 51.6. The zero-order valence-corrected chi connectivity index (χ0v) is 14.9. The number of nitrogens with one attached hydrogen (secondary N) is 1. The fourth-order valence-electron chi connectivity index (χ4n) is 3.54. The van der Waals surface area contributed by atoms with Gasteiger partial charge in [0.15, 0.2) is 11.5 Å². The number of rotatable bonds is 3. The predicted molar refractivity (Wildman–Crippen MR) is 88.1 cm³/mol. The molecule has 0 radical (unpaired) electrons. The zero-order valence-electron chi connectivity index (χ0n) is 13.4. The van der Waals surface area contributed by atoms with Crippen molar-refractivity contribution in [1.82, 2.24) is 10.2 Å². The molecular weight excluding hydrogens is 371 g/mol. The first kappa shape index (κ1) is 17.7. The monoisotopic (exact) mass is 384 g/mol. The summed E-state index contributed by atoms with van der Waals surface area (Å²) in [6, 6.07) is 2.71. The second-order valence-electron chi connectivity index (χ2n) is 5.81. The lowest BCUT2D eigenvalue weighted by atomic mass is 9.79. The summed E-state index contributed by atoms with van der Waals surface area (Å²) in [6.07, 6.45) is 0.512. The smallest absolute Gasteiger partial charge is 0.321 e. The van der Waals surface area contributed by atoms with Crippen molar-refractivity contribution in [3.05, 3.63) is 33.3 Å². The molecule has 1 saturated heterocycles. The van der Waals surface area contributed by atoms with Crippen molar-refractivity contribution in [3.63, 3.8) is 0 Å². The Bertz CT molecular complexity index is 825. The molecule has 0 bridgehead atoms. The van der Waals surface area contributed by atoms with E-state index in [2.05, 4.69) is 5.32 Å². The number of nitrogens with zero attached hydrogens (tertiary/aromatic N) is 1. The highest BCUT2D eigenvalue weighted by Gasteiger charge is 2.68. The Kier molecular flexibility index (Phi) is 4.25. The number of fused-ring (bicyclic) bond motifs is 2. The van der Waals surface area contributed by atoms with E-state index in [1.54, 1.807) is 0 Å². The Morgan fingerprint density at radius 2 is 1.92 bits per heavy atom. The van der Waals surface area contributed by atoms with Gasteiger partial charge in [0.1, 0.15) is 0 Å². The summed E-state index contributed by atoms with van der Waals surface area (Å²) in [6.45, 7) is 1.97. The number of ether oxygens (including phenoxy) is 1. The maximum atomic E-state index is 12.9. The van der Waals surface area contributed by atoms with E-state index in [1.807, 2.05) is 6.92 Å². The van der Waals surface area contributed by atoms with Gasteiger partial charge in [-0.15, -0.1) is 0 Å². The molecule has 2 heterocycles. The first-order valence-corrected chi connectivity index (χ1v) is 8.30. The SMILES string of the molecule is CCCN1C(=O)c2cc(Cl)c(Cl)cc2C12C(=O)NC(=O)C2C(=O)OC. The highest BCUT2D eigenvalue weighted by molar-refractivity contribution is 6.42. The molecule has 7 nitrogen and oxygen atoms in total. The lowest BCUT2D eigenvalue weighted by Gasteiger charge is -2.35. The molecule has 2 unspecified atom stereocenters. The minimum atomic E-state index is -1.82. The lowest BCUT2D eigenvalue weighted by molar-refractivity contribution is -0.155. The molecule has 0 aromatic heterocycles. The summed E-state index contributed by atoms with van der Waals surface area (Å²) in [5, 5.41) is 2.40. The predicted octanol–water partition coefficient (Wildman–Crippen LogP) is 1.50. The molecule has 2 atom stereocenters. The second kappa shape index (κ2) is 6.00. The van der Waals surface area contributed by atoms with Gasteiger partial charge in [0, 0.05) is 17.7 Å². The van der Waals surface area contributed by atoms with Crippen molar-refractivity contribution < 1.29 is 23.9 Å². The fraction of sp³-hybridized carbons (Fsp3) is 0.375. The number of hydrogen-bond acceptors (Lipinski definition) is 5. The summed E-state index contributed by atoms with van der Waals surface area (Å²) >= 11 is 12.1. The van der Waals surface area contributed by atoms with E-state index in [0.717, 1.165) is 7.11 Å². The van der Waals surface area contributed by atoms with Crippen LogP contribution in [0.15, 0.2) is 12.1 Å². The normalized spacial score (nSPS) is 24.7. The highest BCUT2D eigenvalue weighted by Crippen LogP contribution is 2.49. The summed E-state index contributed by atoms with van der Waals surface area (Å²) in [5.74, 6) is -4.49. The number of carbonyl (C=O) groups excluding carboxylic acids is 4. The maximum Gasteiger partial charge on any atom is 0.321 e. The Morgan fingerprint density at radius 1 is 1.28 bits per heavy atom. The third-order valence-electron chi connectivity index (χ3n) is 4.52. The van der Waals surface area contributed by atoms with E-state index in [9.17, 15) is 19.2 Å². The van der Waals surface area contributed by atoms with Gasteiger partial charge in [-0.25, -0.2) is 0 Å². The standard InChI is InChI=1S/C16H14Cl2N2O5/c1-3-4-20-13(22)7-5-9(17)10(18)6-8(7)16(20)11(14(23)25-2)12(21)19-15(16)24/h5-6,11H,3-4H2,1-2H3,(H,19,21,24). The molecule has 1 spiro atoms. The third-order valence-corrected chi connectivity index (χ3v) is 5.24. The second-order valence-corrected chi connectivity index (χ2v) is 6.62. The van der Waals surface area contributed by atoms with Crippen LogP contribution in [0.4, 0.5) is 0 Å². The number of imide groups is 1. The van der Waals surface area contributed by atoms with Crippen molar-refractivity contribution in [2.75, 3.05) is 13.7 Å². The van der Waals surface area contributed by atoms with Crippen molar-refractivity contribution in [3.8, 4) is 0 Å². The summed E-state index contributed by atoms with van der Waals surface area (Å²) < 4.78 is 4.72. The molecule has 1 fully saturated rings. The molecule has 0 aliphatic carbocycles. The van der Waals surface area contributed by atoms with E-state index < -0.39 is 35.1 Å². The maximum absolute atomic E-state index is 12.9. The Balaban J connectivity index is 2.36. The van der Waals surface area contributed by atoms with Crippen LogP contribution in [0.1, 0.15) is 29.3 Å². The van der Waals surface area contributed by atoms with Crippen molar-refractivity contribution in [2.24, 2.45) is 5.92 Å². The zero-order chi connectivity index (χ0) is 18.5. The van der Waals surface area contributed by atoms with Crippen LogP contribution in [0.2, 0.25) is 10.0 Å². The van der Waals surface area contributed by atoms with Gasteiger partial charge in [-0.2, -0.15) is 0 Å². The Labute approximate surface area is 153 Å². The molecule has 3 rings (SSSR count). The highest BCUT2D eigenvalue weighted by atomic mass is 35.5. The van der Waals surface area contributed by atoms with Crippen LogP contribution in [-0.2, 0) is 24.7 Å². The minimum Gasteiger partial charge on any atom is -0.468 e. The average molecular weight is 385 g/mol. The third kappa shape index (κ3) is 2.19. The van der Waals surface area contributed by atoms with Crippen LogP contribution in [0.5, 0.6) is 0 Å². The first-order valence-electron chi connectivity index (χ1n) is 7.55. The summed E-state index contributed by atoms with van der Waals surface area (Å²) in [7, 11) is 1.11. The Hall–Kier alpha value is -2.12. The number of methoxy groups -OCH3 is 1. The summed E-state index contributed by atoms with van der Waals surface area (Å²) in [5.41, 5.74) is -1.50.